The van der Waals surface area contributed by atoms with Crippen LogP contribution in [0.15, 0.2) is 41.4 Å². The molecule has 1 unspecified atom stereocenters. The number of fused-ring (bicyclic) bond motifs is 1. The average Bonchev–Trinajstić information content (AvgIpc) is 3.31. The normalized spacial score (nSPS) is 25.2. The molecule has 2 aromatic rings. The van der Waals surface area contributed by atoms with Crippen molar-refractivity contribution in [2.24, 2.45) is 0 Å². The van der Waals surface area contributed by atoms with E-state index in [9.17, 15) is 4.79 Å². The van der Waals surface area contributed by atoms with Crippen LogP contribution in [0.4, 0.5) is 5.69 Å². The zero-order valence-corrected chi connectivity index (χ0v) is 16.1. The highest BCUT2D eigenvalue weighted by Crippen LogP contribution is 2.38. The summed E-state index contributed by atoms with van der Waals surface area (Å²) in [6.07, 6.45) is 5.50. The lowest BCUT2D eigenvalue weighted by atomic mass is 9.91. The van der Waals surface area contributed by atoms with Crippen molar-refractivity contribution < 1.29 is 9.53 Å². The first-order valence-electron chi connectivity index (χ1n) is 9.57. The molecular formula is C20H24N4O2S. The van der Waals surface area contributed by atoms with Gasteiger partial charge in [-0.25, -0.2) is 0 Å². The summed E-state index contributed by atoms with van der Waals surface area (Å²) in [6, 6.07) is 6.25. The lowest BCUT2D eigenvalue weighted by Crippen LogP contribution is -2.53. The smallest absolute Gasteiger partial charge is 0.238 e. The number of hydrogen-bond donors (Lipinski definition) is 0. The molecule has 0 bridgehead atoms. The standard InChI is InChI=1S/C20H24N4O2S/c25-18-12-22(11-16-3-10-27-14-16)13-19-24(18)15-20(26-19)4-8-23(9-5-20)17-1-6-21-7-2-17/h1-3,6-7,10,14,19H,4-5,8-9,11-13,15H2. The van der Waals surface area contributed by atoms with Gasteiger partial charge in [0, 0.05) is 44.3 Å². The molecule has 1 spiro atoms. The van der Waals surface area contributed by atoms with E-state index in [1.54, 1.807) is 11.3 Å². The molecular weight excluding hydrogens is 360 g/mol. The fraction of sp³-hybridized carbons (Fsp3) is 0.500. The van der Waals surface area contributed by atoms with Gasteiger partial charge in [0.1, 0.15) is 6.23 Å². The number of carbonyl (C=O) groups is 1. The number of nitrogens with zero attached hydrogens (tertiary/aromatic N) is 4. The summed E-state index contributed by atoms with van der Waals surface area (Å²) in [4.78, 5) is 23.4. The molecule has 27 heavy (non-hydrogen) atoms. The van der Waals surface area contributed by atoms with Gasteiger partial charge in [0.25, 0.3) is 0 Å². The first kappa shape index (κ1) is 17.2. The molecule has 2 aromatic heterocycles. The molecule has 1 amide bonds. The Balaban J connectivity index is 1.24. The largest absolute Gasteiger partial charge is 0.371 e. The maximum Gasteiger partial charge on any atom is 0.238 e. The third-order valence-corrected chi connectivity index (χ3v) is 6.71. The molecule has 0 aliphatic carbocycles. The number of hydrogen-bond acceptors (Lipinski definition) is 6. The second-order valence-electron chi connectivity index (χ2n) is 7.77. The number of piperidine rings is 1. The van der Waals surface area contributed by atoms with Gasteiger partial charge in [-0.1, -0.05) is 0 Å². The molecule has 3 aliphatic rings. The summed E-state index contributed by atoms with van der Waals surface area (Å²) >= 11 is 1.70. The van der Waals surface area contributed by atoms with E-state index in [-0.39, 0.29) is 17.7 Å². The van der Waals surface area contributed by atoms with Crippen molar-refractivity contribution in [1.82, 2.24) is 14.8 Å². The fourth-order valence-electron chi connectivity index (χ4n) is 4.52. The minimum Gasteiger partial charge on any atom is -0.371 e. The molecule has 3 fully saturated rings. The van der Waals surface area contributed by atoms with Crippen LogP contribution in [-0.2, 0) is 16.1 Å². The number of thiophene rings is 1. The van der Waals surface area contributed by atoms with Crippen molar-refractivity contribution in [3.05, 3.63) is 46.9 Å². The minimum absolute atomic E-state index is 0.0997. The topological polar surface area (TPSA) is 48.9 Å². The fourth-order valence-corrected chi connectivity index (χ4v) is 5.18. The highest BCUT2D eigenvalue weighted by molar-refractivity contribution is 7.07. The lowest BCUT2D eigenvalue weighted by molar-refractivity contribution is -0.149. The Morgan fingerprint density at radius 1 is 1.22 bits per heavy atom. The SMILES string of the molecule is O=C1CN(Cc2ccsc2)CC2OC3(CCN(c4ccncc4)CC3)CN12. The maximum absolute atomic E-state index is 12.7. The second-order valence-corrected chi connectivity index (χ2v) is 8.55. The Hall–Kier alpha value is -1.96. The van der Waals surface area contributed by atoms with Crippen LogP contribution < -0.4 is 4.90 Å². The third kappa shape index (κ3) is 3.35. The van der Waals surface area contributed by atoms with Crippen LogP contribution in [0.25, 0.3) is 0 Å². The number of ether oxygens (including phenoxy) is 1. The van der Waals surface area contributed by atoms with E-state index >= 15 is 0 Å². The average molecular weight is 385 g/mol. The van der Waals surface area contributed by atoms with Crippen LogP contribution >= 0.6 is 11.3 Å². The van der Waals surface area contributed by atoms with Crippen molar-refractivity contribution in [3.8, 4) is 0 Å². The van der Waals surface area contributed by atoms with E-state index in [0.717, 1.165) is 45.6 Å². The molecule has 5 heterocycles. The highest BCUT2D eigenvalue weighted by atomic mass is 32.1. The predicted octanol–water partition coefficient (Wildman–Crippen LogP) is 2.18. The summed E-state index contributed by atoms with van der Waals surface area (Å²) in [6.45, 7) is 4.78. The first-order chi connectivity index (χ1) is 13.2. The van der Waals surface area contributed by atoms with E-state index in [0.29, 0.717) is 6.54 Å². The number of pyridine rings is 1. The van der Waals surface area contributed by atoms with Gasteiger partial charge < -0.3 is 14.5 Å². The molecule has 0 aromatic carbocycles. The van der Waals surface area contributed by atoms with E-state index in [4.69, 9.17) is 4.74 Å². The van der Waals surface area contributed by atoms with Crippen LogP contribution in [-0.4, -0.2) is 65.2 Å². The van der Waals surface area contributed by atoms with Gasteiger partial charge >= 0.3 is 0 Å². The molecule has 3 saturated heterocycles. The Morgan fingerprint density at radius 2 is 2.04 bits per heavy atom. The van der Waals surface area contributed by atoms with Crippen LogP contribution in [0.3, 0.4) is 0 Å². The second kappa shape index (κ2) is 6.89. The molecule has 1 atom stereocenters. The zero-order chi connectivity index (χ0) is 18.3. The van der Waals surface area contributed by atoms with Gasteiger partial charge in [0.15, 0.2) is 0 Å². The summed E-state index contributed by atoms with van der Waals surface area (Å²) in [5.74, 6) is 0.204. The molecule has 0 radical (unpaired) electrons. The molecule has 0 saturated carbocycles. The predicted molar refractivity (Wildman–Crippen MR) is 105 cm³/mol. The van der Waals surface area contributed by atoms with Gasteiger partial charge in [0.2, 0.25) is 5.91 Å². The quantitative estimate of drug-likeness (QED) is 0.812. The first-order valence-corrected chi connectivity index (χ1v) is 10.5. The van der Waals surface area contributed by atoms with Crippen LogP contribution in [0.5, 0.6) is 0 Å². The maximum atomic E-state index is 12.7. The third-order valence-electron chi connectivity index (χ3n) is 5.97. The summed E-state index contributed by atoms with van der Waals surface area (Å²) in [5.41, 5.74) is 2.32. The molecule has 5 rings (SSSR count). The van der Waals surface area contributed by atoms with E-state index in [2.05, 4.69) is 43.7 Å². The minimum atomic E-state index is -0.178. The van der Waals surface area contributed by atoms with E-state index in [1.165, 1.54) is 11.3 Å². The van der Waals surface area contributed by atoms with Gasteiger partial charge in [-0.3, -0.25) is 14.7 Å². The monoisotopic (exact) mass is 384 g/mol. The Bertz CT molecular complexity index is 790. The molecule has 0 N–H and O–H groups in total. The van der Waals surface area contributed by atoms with Crippen molar-refractivity contribution in [2.45, 2.75) is 31.2 Å². The molecule has 6 nitrogen and oxygen atoms in total. The summed E-state index contributed by atoms with van der Waals surface area (Å²) in [5, 5.41) is 4.24. The molecule has 3 aliphatic heterocycles. The van der Waals surface area contributed by atoms with Crippen molar-refractivity contribution >= 4 is 22.9 Å². The Kier molecular flexibility index (Phi) is 4.38. The lowest BCUT2D eigenvalue weighted by Gasteiger charge is -2.39. The number of aromatic nitrogens is 1. The van der Waals surface area contributed by atoms with Crippen LogP contribution in [0.1, 0.15) is 18.4 Å². The number of piperazine rings is 1. The summed E-state index contributed by atoms with van der Waals surface area (Å²) in [7, 11) is 0. The Labute approximate surface area is 163 Å². The zero-order valence-electron chi connectivity index (χ0n) is 15.3. The Morgan fingerprint density at radius 3 is 2.78 bits per heavy atom. The van der Waals surface area contributed by atoms with Crippen molar-refractivity contribution in [2.75, 3.05) is 37.6 Å². The van der Waals surface area contributed by atoms with Crippen LogP contribution in [0, 0.1) is 0 Å². The van der Waals surface area contributed by atoms with Crippen LogP contribution in [0.2, 0.25) is 0 Å². The van der Waals surface area contributed by atoms with Gasteiger partial charge in [-0.2, -0.15) is 11.3 Å². The highest BCUT2D eigenvalue weighted by Gasteiger charge is 2.50. The van der Waals surface area contributed by atoms with Crippen molar-refractivity contribution in [1.29, 1.82) is 0 Å². The number of carbonyl (C=O) groups excluding carboxylic acids is 1. The number of amides is 1. The van der Waals surface area contributed by atoms with E-state index < -0.39 is 0 Å². The van der Waals surface area contributed by atoms with Crippen molar-refractivity contribution in [3.63, 3.8) is 0 Å². The van der Waals surface area contributed by atoms with Gasteiger partial charge in [0.05, 0.1) is 18.7 Å². The van der Waals surface area contributed by atoms with Gasteiger partial charge in [-0.15, -0.1) is 0 Å². The van der Waals surface area contributed by atoms with E-state index in [1.807, 2.05) is 17.3 Å². The summed E-state index contributed by atoms with van der Waals surface area (Å²) < 4.78 is 6.52. The number of anilines is 1. The molecule has 142 valence electrons. The molecule has 7 heteroatoms. The van der Waals surface area contributed by atoms with Gasteiger partial charge in [-0.05, 0) is 47.4 Å². The number of rotatable bonds is 3.